The number of amides is 2. The molecule has 0 aliphatic heterocycles. The van der Waals surface area contributed by atoms with Crippen LogP contribution in [0.3, 0.4) is 0 Å². The number of fused-ring (bicyclic) bond motifs is 1. The van der Waals surface area contributed by atoms with Gasteiger partial charge in [0.2, 0.25) is 5.91 Å². The molecule has 4 aromatic rings. The van der Waals surface area contributed by atoms with Crippen LogP contribution in [0, 0.1) is 5.92 Å². The summed E-state index contributed by atoms with van der Waals surface area (Å²) in [5.41, 5.74) is 1.32. The van der Waals surface area contributed by atoms with Gasteiger partial charge in [0.15, 0.2) is 0 Å². The Morgan fingerprint density at radius 1 is 0.938 bits per heavy atom. The van der Waals surface area contributed by atoms with E-state index in [9.17, 15) is 24.3 Å². The van der Waals surface area contributed by atoms with Crippen LogP contribution < -0.4 is 10.6 Å². The first kappa shape index (κ1) is 36.0. The third-order valence-corrected chi connectivity index (χ3v) is 11.8. The number of carboxylic acid groups (broad SMARTS) is 1. The monoisotopic (exact) mass is 764 g/mol. The van der Waals surface area contributed by atoms with Crippen LogP contribution in [0.2, 0.25) is 20.1 Å². The molecule has 0 saturated heterocycles. The van der Waals surface area contributed by atoms with E-state index >= 15 is 0 Å². The number of hydrogen-bond acceptors (Lipinski definition) is 7. The van der Waals surface area contributed by atoms with Crippen LogP contribution in [-0.4, -0.2) is 35.5 Å². The SMILES string of the molecule is CCOC(=O)c1c(NC(=O)C(Sc2cccc(NC(=O)c3c(Cl)c(Cl)c(Cl)c(Cl)c3C(=O)O)c2)c2ccccc2)sc2c1CCC(C)C2. The van der Waals surface area contributed by atoms with Crippen LogP contribution in [-0.2, 0) is 22.4 Å². The number of thiophene rings is 1. The van der Waals surface area contributed by atoms with E-state index in [1.165, 1.54) is 23.1 Å². The second-order valence-electron chi connectivity index (χ2n) is 11.0. The minimum Gasteiger partial charge on any atom is -0.478 e. The number of rotatable bonds is 10. The van der Waals surface area contributed by atoms with Crippen molar-refractivity contribution in [2.75, 3.05) is 17.2 Å². The molecular weight excluding hydrogens is 738 g/mol. The number of aromatic carboxylic acids is 1. The molecule has 1 aromatic heterocycles. The van der Waals surface area contributed by atoms with Gasteiger partial charge >= 0.3 is 11.9 Å². The van der Waals surface area contributed by atoms with Crippen molar-refractivity contribution in [2.24, 2.45) is 5.92 Å². The highest BCUT2D eigenvalue weighted by Crippen LogP contribution is 2.44. The van der Waals surface area contributed by atoms with Gasteiger partial charge in [0.1, 0.15) is 10.3 Å². The number of nitrogens with one attached hydrogen (secondary N) is 2. The van der Waals surface area contributed by atoms with Gasteiger partial charge in [-0.25, -0.2) is 9.59 Å². The summed E-state index contributed by atoms with van der Waals surface area (Å²) in [6.45, 7) is 4.13. The summed E-state index contributed by atoms with van der Waals surface area (Å²) in [4.78, 5) is 54.2. The van der Waals surface area contributed by atoms with Gasteiger partial charge in [-0.2, -0.15) is 0 Å². The largest absolute Gasteiger partial charge is 0.478 e. The molecule has 14 heteroatoms. The fraction of sp³-hybridized carbons (Fsp3) is 0.235. The van der Waals surface area contributed by atoms with Gasteiger partial charge in [-0.15, -0.1) is 23.1 Å². The number of benzene rings is 3. The van der Waals surface area contributed by atoms with Crippen molar-refractivity contribution in [3.05, 3.63) is 107 Å². The molecule has 1 heterocycles. The van der Waals surface area contributed by atoms with E-state index in [1.54, 1.807) is 31.2 Å². The van der Waals surface area contributed by atoms with E-state index in [-0.39, 0.29) is 33.3 Å². The zero-order valence-corrected chi connectivity index (χ0v) is 30.2. The van der Waals surface area contributed by atoms with Crippen LogP contribution >= 0.6 is 69.5 Å². The summed E-state index contributed by atoms with van der Waals surface area (Å²) in [7, 11) is 0. The van der Waals surface area contributed by atoms with Gasteiger partial charge in [0.25, 0.3) is 5.91 Å². The first-order valence-corrected chi connectivity index (χ1v) is 18.0. The summed E-state index contributed by atoms with van der Waals surface area (Å²) in [6, 6.07) is 15.8. The maximum Gasteiger partial charge on any atom is 0.341 e. The number of hydrogen-bond donors (Lipinski definition) is 3. The van der Waals surface area contributed by atoms with Gasteiger partial charge in [0.05, 0.1) is 43.4 Å². The van der Waals surface area contributed by atoms with Gasteiger partial charge in [-0.05, 0) is 61.4 Å². The lowest BCUT2D eigenvalue weighted by Crippen LogP contribution is -2.21. The lowest BCUT2D eigenvalue weighted by atomic mass is 9.88. The molecule has 0 spiro atoms. The Balaban J connectivity index is 1.44. The van der Waals surface area contributed by atoms with Crippen molar-refractivity contribution in [3.8, 4) is 0 Å². The fourth-order valence-electron chi connectivity index (χ4n) is 5.36. The molecule has 250 valence electrons. The highest BCUT2D eigenvalue weighted by atomic mass is 35.5. The maximum absolute atomic E-state index is 14.1. The maximum atomic E-state index is 14.1. The minimum absolute atomic E-state index is 0.213. The summed E-state index contributed by atoms with van der Waals surface area (Å²) in [5.74, 6) is -2.72. The summed E-state index contributed by atoms with van der Waals surface area (Å²) in [6.07, 6.45) is 2.51. The van der Waals surface area contributed by atoms with Crippen LogP contribution in [0.15, 0.2) is 59.5 Å². The molecule has 0 saturated carbocycles. The normalized spacial score (nSPS) is 14.5. The number of thioether (sulfide) groups is 1. The Morgan fingerprint density at radius 2 is 1.62 bits per heavy atom. The third kappa shape index (κ3) is 7.64. The molecule has 1 aliphatic carbocycles. The van der Waals surface area contributed by atoms with Crippen molar-refractivity contribution < 1.29 is 29.0 Å². The second-order valence-corrected chi connectivity index (χ2v) is 14.8. The molecule has 1 aliphatic rings. The molecule has 0 bridgehead atoms. The van der Waals surface area contributed by atoms with Gasteiger partial charge in [-0.1, -0.05) is 89.7 Å². The number of ether oxygens (including phenoxy) is 1. The molecule has 2 unspecified atom stereocenters. The quantitative estimate of drug-likeness (QED) is 0.0636. The molecule has 3 aromatic carbocycles. The van der Waals surface area contributed by atoms with Crippen LogP contribution in [0.4, 0.5) is 10.7 Å². The van der Waals surface area contributed by atoms with Gasteiger partial charge < -0.3 is 20.5 Å². The second kappa shape index (κ2) is 15.5. The van der Waals surface area contributed by atoms with Crippen LogP contribution in [0.1, 0.15) is 72.6 Å². The zero-order chi connectivity index (χ0) is 34.7. The van der Waals surface area contributed by atoms with Gasteiger partial charge in [0, 0.05) is 15.5 Å². The molecule has 8 nitrogen and oxygen atoms in total. The van der Waals surface area contributed by atoms with Crippen molar-refractivity contribution >= 4 is 104 Å². The molecule has 2 atom stereocenters. The number of carbonyl (C=O) groups is 4. The number of carbonyl (C=O) groups excluding carboxylic acids is 3. The predicted octanol–water partition coefficient (Wildman–Crippen LogP) is 10.1. The van der Waals surface area contributed by atoms with E-state index in [4.69, 9.17) is 51.1 Å². The molecular formula is C34H28Cl4N2O6S2. The molecule has 0 fully saturated rings. The average molecular weight is 767 g/mol. The van der Waals surface area contributed by atoms with Crippen molar-refractivity contribution in [3.63, 3.8) is 0 Å². The highest BCUT2D eigenvalue weighted by Gasteiger charge is 2.32. The smallest absolute Gasteiger partial charge is 0.341 e. The van der Waals surface area contributed by atoms with Crippen LogP contribution in [0.5, 0.6) is 0 Å². The van der Waals surface area contributed by atoms with E-state index in [1.807, 2.05) is 30.3 Å². The molecule has 2 amide bonds. The molecule has 3 N–H and O–H groups in total. The topological polar surface area (TPSA) is 122 Å². The lowest BCUT2D eigenvalue weighted by molar-refractivity contribution is -0.115. The number of halogens is 4. The highest BCUT2D eigenvalue weighted by molar-refractivity contribution is 8.00. The predicted molar refractivity (Wildman–Crippen MR) is 193 cm³/mol. The van der Waals surface area contributed by atoms with Crippen LogP contribution in [0.25, 0.3) is 0 Å². The Bertz CT molecular complexity index is 1920. The number of esters is 1. The number of carboxylic acids is 1. The van der Waals surface area contributed by atoms with Crippen molar-refractivity contribution in [1.82, 2.24) is 0 Å². The minimum atomic E-state index is -1.51. The zero-order valence-electron chi connectivity index (χ0n) is 25.5. The standard InChI is InChI=1S/C34H28Cl4N2O6S2/c1-3-46-34(45)22-20-13-12-16(2)14-21(20)48-32(22)40-31(42)29(17-8-5-4-6-9-17)47-19-11-7-10-18(15-19)39-30(41)23-24(33(43)44)26(36)28(38)27(37)25(23)35/h4-11,15-16,29H,3,12-14H2,1-2H3,(H,39,41)(H,40,42)(H,43,44). The Kier molecular flexibility index (Phi) is 11.7. The summed E-state index contributed by atoms with van der Waals surface area (Å²) >= 11 is 27.2. The van der Waals surface area contributed by atoms with E-state index in [0.717, 1.165) is 29.7 Å². The first-order valence-electron chi connectivity index (χ1n) is 14.8. The Labute approximate surface area is 305 Å². The molecule has 5 rings (SSSR count). The first-order chi connectivity index (χ1) is 22.9. The van der Waals surface area contributed by atoms with Crippen molar-refractivity contribution in [1.29, 1.82) is 0 Å². The molecule has 0 radical (unpaired) electrons. The van der Waals surface area contributed by atoms with Crippen molar-refractivity contribution in [2.45, 2.75) is 43.3 Å². The van der Waals surface area contributed by atoms with E-state index < -0.39 is 39.2 Å². The Hall–Kier alpha value is -3.25. The van der Waals surface area contributed by atoms with Gasteiger partial charge in [-0.3, -0.25) is 9.59 Å². The number of anilines is 2. The van der Waals surface area contributed by atoms with E-state index in [2.05, 4.69) is 17.6 Å². The van der Waals surface area contributed by atoms with E-state index in [0.29, 0.717) is 26.9 Å². The fourth-order valence-corrected chi connectivity index (χ4v) is 8.86. The Morgan fingerprint density at radius 3 is 2.29 bits per heavy atom. The molecule has 48 heavy (non-hydrogen) atoms. The lowest BCUT2D eigenvalue weighted by Gasteiger charge is -2.19. The summed E-state index contributed by atoms with van der Waals surface area (Å²) < 4.78 is 5.38. The third-order valence-electron chi connectivity index (χ3n) is 7.62. The average Bonchev–Trinajstić information content (AvgIpc) is 3.41. The summed E-state index contributed by atoms with van der Waals surface area (Å²) in [5, 5.41) is 13.8.